The van der Waals surface area contributed by atoms with Gasteiger partial charge in [-0.2, -0.15) is 13.2 Å². The minimum absolute atomic E-state index is 0.0501. The number of thiazole rings is 1. The smallest absolute Gasteiger partial charge is 0.353 e. The number of piperazine rings is 1. The van der Waals surface area contributed by atoms with Crippen LogP contribution in [0.2, 0.25) is 0 Å². The van der Waals surface area contributed by atoms with Crippen LogP contribution in [0, 0.1) is 0 Å². The molecule has 1 N–H and O–H groups in total. The maximum absolute atomic E-state index is 12.7. The molecule has 1 aromatic heterocycles. The number of carbonyl (C=O) groups is 1. The van der Waals surface area contributed by atoms with Crippen molar-refractivity contribution in [1.29, 1.82) is 0 Å². The van der Waals surface area contributed by atoms with E-state index in [2.05, 4.69) is 20.1 Å². The van der Waals surface area contributed by atoms with Crippen LogP contribution in [0.25, 0.3) is 10.6 Å². The van der Waals surface area contributed by atoms with Crippen LogP contribution in [0.1, 0.15) is 25.1 Å². The van der Waals surface area contributed by atoms with Gasteiger partial charge in [0.15, 0.2) is 0 Å². The molecule has 2 heterocycles. The number of hydrogen-bond acceptors (Lipinski definition) is 5. The monoisotopic (exact) mass is 426 g/mol. The van der Waals surface area contributed by atoms with E-state index in [-0.39, 0.29) is 11.9 Å². The summed E-state index contributed by atoms with van der Waals surface area (Å²) >= 11 is 1.44. The highest BCUT2D eigenvalue weighted by Crippen LogP contribution is 2.31. The van der Waals surface area contributed by atoms with Gasteiger partial charge in [-0.15, -0.1) is 11.3 Å². The fourth-order valence-electron chi connectivity index (χ4n) is 3.22. The lowest BCUT2D eigenvalue weighted by molar-refractivity contribution is -0.137. The molecular formula is C20H25F3N4OS. The molecule has 2 aromatic rings. The Labute approximate surface area is 172 Å². The summed E-state index contributed by atoms with van der Waals surface area (Å²) in [6.45, 7) is 8.35. The molecule has 0 atom stereocenters. The fourth-order valence-corrected chi connectivity index (χ4v) is 4.04. The number of benzene rings is 1. The van der Waals surface area contributed by atoms with Gasteiger partial charge in [-0.1, -0.05) is 12.1 Å². The van der Waals surface area contributed by atoms with Crippen molar-refractivity contribution in [3.63, 3.8) is 0 Å². The highest BCUT2D eigenvalue weighted by atomic mass is 32.1. The zero-order valence-corrected chi connectivity index (χ0v) is 17.3. The van der Waals surface area contributed by atoms with Crippen molar-refractivity contribution in [3.8, 4) is 10.6 Å². The molecule has 1 aliphatic rings. The van der Waals surface area contributed by atoms with E-state index in [0.717, 1.165) is 49.0 Å². The van der Waals surface area contributed by atoms with Crippen LogP contribution in [-0.2, 0) is 17.5 Å². The summed E-state index contributed by atoms with van der Waals surface area (Å²) in [6.07, 6.45) is -4.33. The van der Waals surface area contributed by atoms with Crippen molar-refractivity contribution in [3.05, 3.63) is 40.9 Å². The number of rotatable bonds is 6. The average Bonchev–Trinajstić information content (AvgIpc) is 3.10. The minimum Gasteiger partial charge on any atom is -0.353 e. The summed E-state index contributed by atoms with van der Waals surface area (Å²) in [4.78, 5) is 20.9. The minimum atomic E-state index is -4.33. The van der Waals surface area contributed by atoms with E-state index >= 15 is 0 Å². The number of hydrogen-bond donors (Lipinski definition) is 1. The zero-order valence-electron chi connectivity index (χ0n) is 16.5. The van der Waals surface area contributed by atoms with Crippen LogP contribution < -0.4 is 5.32 Å². The molecule has 158 valence electrons. The topological polar surface area (TPSA) is 48.5 Å². The van der Waals surface area contributed by atoms with E-state index in [1.165, 1.54) is 23.5 Å². The molecule has 1 aromatic carbocycles. The Morgan fingerprint density at radius 2 is 1.76 bits per heavy atom. The summed E-state index contributed by atoms with van der Waals surface area (Å²) < 4.78 is 38.1. The molecule has 0 aliphatic carbocycles. The normalized spacial score (nSPS) is 16.3. The van der Waals surface area contributed by atoms with E-state index in [1.807, 2.05) is 19.2 Å². The quantitative estimate of drug-likeness (QED) is 0.769. The SMILES string of the molecule is CC(C)NC(=O)CN1CCN(Cc2csc(-c3ccc(C(F)(F)F)cc3)n2)CC1. The van der Waals surface area contributed by atoms with Gasteiger partial charge in [0.05, 0.1) is 17.8 Å². The Balaban J connectivity index is 1.50. The molecule has 0 bridgehead atoms. The number of nitrogens with zero attached hydrogens (tertiary/aromatic N) is 3. The van der Waals surface area contributed by atoms with Gasteiger partial charge in [0.2, 0.25) is 5.91 Å². The van der Waals surface area contributed by atoms with Crippen molar-refractivity contribution >= 4 is 17.2 Å². The molecular weight excluding hydrogens is 401 g/mol. The van der Waals surface area contributed by atoms with Crippen molar-refractivity contribution < 1.29 is 18.0 Å². The van der Waals surface area contributed by atoms with E-state index in [4.69, 9.17) is 0 Å². The van der Waals surface area contributed by atoms with Crippen LogP contribution in [0.5, 0.6) is 0 Å². The molecule has 0 radical (unpaired) electrons. The third kappa shape index (κ3) is 6.25. The first-order valence-corrected chi connectivity index (χ1v) is 10.4. The number of amides is 1. The first kappa shape index (κ1) is 21.7. The Kier molecular flexibility index (Phi) is 6.92. The van der Waals surface area contributed by atoms with Gasteiger partial charge in [-0.05, 0) is 26.0 Å². The van der Waals surface area contributed by atoms with Crippen LogP contribution in [-0.4, -0.2) is 59.5 Å². The van der Waals surface area contributed by atoms with Crippen molar-refractivity contribution in [2.75, 3.05) is 32.7 Å². The fraction of sp³-hybridized carbons (Fsp3) is 0.500. The predicted molar refractivity (Wildman–Crippen MR) is 108 cm³/mol. The average molecular weight is 427 g/mol. The van der Waals surface area contributed by atoms with E-state index in [9.17, 15) is 18.0 Å². The molecule has 9 heteroatoms. The summed E-state index contributed by atoms with van der Waals surface area (Å²) in [6, 6.07) is 5.25. The van der Waals surface area contributed by atoms with E-state index < -0.39 is 11.7 Å². The predicted octanol–water partition coefficient (Wildman–Crippen LogP) is 3.47. The number of carbonyl (C=O) groups excluding carboxylic acids is 1. The Hall–Kier alpha value is -1.97. The van der Waals surface area contributed by atoms with Crippen LogP contribution in [0.15, 0.2) is 29.6 Å². The lowest BCUT2D eigenvalue weighted by Crippen LogP contribution is -2.49. The molecule has 5 nitrogen and oxygen atoms in total. The number of aromatic nitrogens is 1. The van der Waals surface area contributed by atoms with Crippen LogP contribution >= 0.6 is 11.3 Å². The molecule has 29 heavy (non-hydrogen) atoms. The van der Waals surface area contributed by atoms with Gasteiger partial charge >= 0.3 is 6.18 Å². The number of nitrogens with one attached hydrogen (secondary N) is 1. The largest absolute Gasteiger partial charge is 0.416 e. The highest BCUT2D eigenvalue weighted by Gasteiger charge is 2.30. The lowest BCUT2D eigenvalue weighted by atomic mass is 10.1. The molecule has 3 rings (SSSR count). The highest BCUT2D eigenvalue weighted by molar-refractivity contribution is 7.13. The molecule has 1 amide bonds. The summed E-state index contributed by atoms with van der Waals surface area (Å²) in [5.74, 6) is 0.0501. The van der Waals surface area contributed by atoms with Gasteiger partial charge in [-0.3, -0.25) is 14.6 Å². The summed E-state index contributed by atoms with van der Waals surface area (Å²) in [5, 5.41) is 5.58. The maximum atomic E-state index is 12.7. The second-order valence-corrected chi connectivity index (χ2v) is 8.35. The van der Waals surface area contributed by atoms with E-state index in [1.54, 1.807) is 0 Å². The molecule has 0 saturated carbocycles. The van der Waals surface area contributed by atoms with Crippen molar-refractivity contribution in [1.82, 2.24) is 20.1 Å². The standard InChI is InChI=1S/C20H25F3N4OS/c1-14(2)24-18(28)12-27-9-7-26(8-10-27)11-17-13-29-19(25-17)15-3-5-16(6-4-15)20(21,22)23/h3-6,13-14H,7-12H2,1-2H3,(H,24,28). The van der Waals surface area contributed by atoms with Crippen molar-refractivity contribution in [2.45, 2.75) is 32.6 Å². The Morgan fingerprint density at radius 1 is 1.14 bits per heavy atom. The van der Waals surface area contributed by atoms with Crippen LogP contribution in [0.3, 0.4) is 0 Å². The van der Waals surface area contributed by atoms with Crippen molar-refractivity contribution in [2.24, 2.45) is 0 Å². The Bertz CT molecular complexity index is 812. The van der Waals surface area contributed by atoms with Gasteiger partial charge in [-0.25, -0.2) is 4.98 Å². The molecule has 1 fully saturated rings. The van der Waals surface area contributed by atoms with Gasteiger partial charge in [0, 0.05) is 49.7 Å². The summed E-state index contributed by atoms with van der Waals surface area (Å²) in [7, 11) is 0. The second-order valence-electron chi connectivity index (χ2n) is 7.49. The first-order chi connectivity index (χ1) is 13.7. The van der Waals surface area contributed by atoms with E-state index in [0.29, 0.717) is 18.7 Å². The van der Waals surface area contributed by atoms with Gasteiger partial charge in [0.1, 0.15) is 5.01 Å². The third-order valence-corrected chi connectivity index (χ3v) is 5.62. The first-order valence-electron chi connectivity index (χ1n) is 9.57. The zero-order chi connectivity index (χ0) is 21.0. The lowest BCUT2D eigenvalue weighted by Gasteiger charge is -2.34. The molecule has 0 spiro atoms. The molecule has 1 aliphatic heterocycles. The summed E-state index contributed by atoms with van der Waals surface area (Å²) in [5.41, 5.74) is 0.948. The molecule has 0 unspecified atom stereocenters. The Morgan fingerprint density at radius 3 is 2.34 bits per heavy atom. The third-order valence-electron chi connectivity index (χ3n) is 4.68. The maximum Gasteiger partial charge on any atom is 0.416 e. The van der Waals surface area contributed by atoms with Crippen LogP contribution in [0.4, 0.5) is 13.2 Å². The molecule has 1 saturated heterocycles. The number of alkyl halides is 3. The van der Waals surface area contributed by atoms with Gasteiger partial charge < -0.3 is 5.32 Å². The second kappa shape index (κ2) is 9.23. The number of halogens is 3. The van der Waals surface area contributed by atoms with Gasteiger partial charge in [0.25, 0.3) is 0 Å².